The highest BCUT2D eigenvalue weighted by Crippen LogP contribution is 2.11. The van der Waals surface area contributed by atoms with Crippen LogP contribution in [0.25, 0.3) is 0 Å². The molecule has 168 valence electrons. The zero-order valence-electron chi connectivity index (χ0n) is 17.5. The summed E-state index contributed by atoms with van der Waals surface area (Å²) in [5.74, 6) is 5.26. The van der Waals surface area contributed by atoms with Gasteiger partial charge in [-0.2, -0.15) is 0 Å². The minimum absolute atomic E-state index is 0.00955. The second-order valence-electron chi connectivity index (χ2n) is 6.59. The quantitative estimate of drug-likeness (QED) is 0.357. The van der Waals surface area contributed by atoms with Crippen molar-refractivity contribution in [1.82, 2.24) is 4.90 Å². The summed E-state index contributed by atoms with van der Waals surface area (Å²) in [5, 5.41) is 29.3. The third kappa shape index (κ3) is 12.4. The van der Waals surface area contributed by atoms with Crippen molar-refractivity contribution < 1.29 is 34.0 Å². The molecular formula is C23H28FNO6. The fourth-order valence-corrected chi connectivity index (χ4v) is 1.93. The van der Waals surface area contributed by atoms with E-state index >= 15 is 0 Å². The highest BCUT2D eigenvalue weighted by atomic mass is 19.1. The first-order chi connectivity index (χ1) is 14.8. The van der Waals surface area contributed by atoms with Gasteiger partial charge < -0.3 is 29.7 Å². The Bertz CT molecular complexity index is 808. The molecule has 7 nitrogen and oxygen atoms in total. The fourth-order valence-electron chi connectivity index (χ4n) is 1.93. The molecule has 0 heterocycles. The third-order valence-corrected chi connectivity index (χ3v) is 3.73. The van der Waals surface area contributed by atoms with Crippen LogP contribution < -0.4 is 4.74 Å². The molecule has 1 aromatic rings. The van der Waals surface area contributed by atoms with Gasteiger partial charge in [-0.1, -0.05) is 30.1 Å². The van der Waals surface area contributed by atoms with E-state index in [0.717, 1.165) is 0 Å². The summed E-state index contributed by atoms with van der Waals surface area (Å²) in [6, 6.07) is 5.48. The van der Waals surface area contributed by atoms with Crippen molar-refractivity contribution in [2.45, 2.75) is 18.3 Å². The highest BCUT2D eigenvalue weighted by Gasteiger charge is 2.14. The molecule has 0 aliphatic rings. The van der Waals surface area contributed by atoms with E-state index in [1.807, 2.05) is 0 Å². The average Bonchev–Trinajstić information content (AvgIpc) is 2.74. The molecule has 0 aliphatic carbocycles. The van der Waals surface area contributed by atoms with Gasteiger partial charge in [0.2, 0.25) is 5.91 Å². The van der Waals surface area contributed by atoms with Gasteiger partial charge in [-0.15, -0.1) is 0 Å². The van der Waals surface area contributed by atoms with E-state index in [4.69, 9.17) is 9.47 Å². The molecule has 0 spiro atoms. The lowest BCUT2D eigenvalue weighted by atomic mass is 10.2. The minimum Gasteiger partial charge on any atom is -0.491 e. The summed E-state index contributed by atoms with van der Waals surface area (Å²) in [5.41, 5.74) is 0. The molecule has 0 fully saturated rings. The Balaban J connectivity index is 2.26. The smallest absolute Gasteiger partial charge is 0.248 e. The monoisotopic (exact) mass is 433 g/mol. The van der Waals surface area contributed by atoms with Gasteiger partial charge in [0.05, 0.1) is 6.61 Å². The van der Waals surface area contributed by atoms with E-state index in [9.17, 15) is 24.5 Å². The lowest BCUT2D eigenvalue weighted by Gasteiger charge is -2.15. The van der Waals surface area contributed by atoms with Gasteiger partial charge in [0.1, 0.15) is 43.1 Å². The lowest BCUT2D eigenvalue weighted by Crippen LogP contribution is -2.32. The zero-order chi connectivity index (χ0) is 23.1. The van der Waals surface area contributed by atoms with E-state index in [1.54, 1.807) is 20.2 Å². The van der Waals surface area contributed by atoms with Crippen molar-refractivity contribution in [2.24, 2.45) is 0 Å². The Kier molecular flexibility index (Phi) is 12.6. The first kappa shape index (κ1) is 26.1. The molecule has 0 bridgehead atoms. The highest BCUT2D eigenvalue weighted by molar-refractivity contribution is 5.76. The van der Waals surface area contributed by atoms with Crippen LogP contribution in [-0.4, -0.2) is 78.4 Å². The van der Waals surface area contributed by atoms with Crippen LogP contribution in [0.2, 0.25) is 0 Å². The van der Waals surface area contributed by atoms with Crippen molar-refractivity contribution in [3.63, 3.8) is 0 Å². The SMILES string of the molecule is CN(C)C(=O)COC[C@H](O)[C@H](O)/C=C/C=C/C#C/C=C/[C@H](O)COc1ccc(F)cc1. The number of likely N-dealkylation sites (N-methyl/N-ethyl adjacent to an activating group) is 1. The standard InChI is InChI=1S/C23H28FNO6/c1-25(2)23(29)17-30-16-22(28)21(27)10-8-6-4-3-5-7-9-19(26)15-31-20-13-11-18(24)12-14-20/h4,6-14,19,21-22,26-28H,15-17H2,1-2H3/b6-4+,9-7+,10-8+/t19-,21+,22-/m0/s1. The van der Waals surface area contributed by atoms with Gasteiger partial charge in [-0.3, -0.25) is 4.79 Å². The first-order valence-corrected chi connectivity index (χ1v) is 9.51. The fraction of sp³-hybridized carbons (Fsp3) is 0.348. The number of carbonyl (C=O) groups is 1. The zero-order valence-corrected chi connectivity index (χ0v) is 17.5. The molecule has 1 aromatic carbocycles. The lowest BCUT2D eigenvalue weighted by molar-refractivity contribution is -0.135. The van der Waals surface area contributed by atoms with Crippen molar-refractivity contribution in [2.75, 3.05) is 33.9 Å². The number of hydrogen-bond acceptors (Lipinski definition) is 6. The Morgan fingerprint density at radius 1 is 1.06 bits per heavy atom. The number of allylic oxidation sites excluding steroid dienone is 4. The Labute approximate surface area is 181 Å². The van der Waals surface area contributed by atoms with Crippen molar-refractivity contribution >= 4 is 5.91 Å². The van der Waals surface area contributed by atoms with Gasteiger partial charge in [-0.25, -0.2) is 4.39 Å². The van der Waals surface area contributed by atoms with Crippen LogP contribution in [0, 0.1) is 17.7 Å². The van der Waals surface area contributed by atoms with Gasteiger partial charge in [0.15, 0.2) is 0 Å². The molecular weight excluding hydrogens is 405 g/mol. The van der Waals surface area contributed by atoms with Crippen molar-refractivity contribution in [3.8, 4) is 17.6 Å². The molecule has 0 unspecified atom stereocenters. The van der Waals surface area contributed by atoms with Gasteiger partial charge in [0, 0.05) is 14.1 Å². The van der Waals surface area contributed by atoms with E-state index in [1.165, 1.54) is 59.5 Å². The van der Waals surface area contributed by atoms with Crippen LogP contribution in [0.1, 0.15) is 0 Å². The number of ether oxygens (including phenoxy) is 2. The maximum atomic E-state index is 12.8. The van der Waals surface area contributed by atoms with Gasteiger partial charge in [0.25, 0.3) is 0 Å². The summed E-state index contributed by atoms with van der Waals surface area (Å²) < 4.78 is 23.1. The summed E-state index contributed by atoms with van der Waals surface area (Å²) in [4.78, 5) is 12.7. The Hall–Kier alpha value is -2.96. The Morgan fingerprint density at radius 2 is 1.74 bits per heavy atom. The third-order valence-electron chi connectivity index (χ3n) is 3.73. The molecule has 0 saturated heterocycles. The number of amides is 1. The molecule has 0 saturated carbocycles. The number of nitrogens with zero attached hydrogens (tertiary/aromatic N) is 1. The molecule has 0 aromatic heterocycles. The van der Waals surface area contributed by atoms with Crippen LogP contribution in [0.15, 0.2) is 60.7 Å². The number of aliphatic hydroxyl groups excluding tert-OH is 3. The van der Waals surface area contributed by atoms with E-state index in [2.05, 4.69) is 11.8 Å². The largest absolute Gasteiger partial charge is 0.491 e. The predicted octanol–water partition coefficient (Wildman–Crippen LogP) is 1.06. The maximum Gasteiger partial charge on any atom is 0.248 e. The van der Waals surface area contributed by atoms with Gasteiger partial charge >= 0.3 is 0 Å². The second kappa shape index (κ2) is 14.9. The van der Waals surface area contributed by atoms with E-state index in [-0.39, 0.29) is 31.5 Å². The minimum atomic E-state index is -1.16. The molecule has 0 aliphatic heterocycles. The molecule has 1 rings (SSSR count). The molecule has 3 atom stereocenters. The van der Waals surface area contributed by atoms with Crippen molar-refractivity contribution in [3.05, 3.63) is 66.5 Å². The predicted molar refractivity (Wildman–Crippen MR) is 115 cm³/mol. The van der Waals surface area contributed by atoms with Crippen molar-refractivity contribution in [1.29, 1.82) is 0 Å². The first-order valence-electron chi connectivity index (χ1n) is 9.51. The Morgan fingerprint density at radius 3 is 2.42 bits per heavy atom. The number of aliphatic hydroxyl groups is 3. The second-order valence-corrected chi connectivity index (χ2v) is 6.59. The van der Waals surface area contributed by atoms with E-state index < -0.39 is 18.3 Å². The molecule has 1 amide bonds. The van der Waals surface area contributed by atoms with Crippen LogP contribution >= 0.6 is 0 Å². The van der Waals surface area contributed by atoms with Crippen LogP contribution in [-0.2, 0) is 9.53 Å². The topological polar surface area (TPSA) is 99.5 Å². The summed E-state index contributed by atoms with van der Waals surface area (Å²) >= 11 is 0. The normalized spacial score (nSPS) is 14.4. The molecule has 8 heteroatoms. The van der Waals surface area contributed by atoms with Crippen LogP contribution in [0.3, 0.4) is 0 Å². The number of rotatable bonds is 11. The number of carbonyl (C=O) groups excluding carboxylic acids is 1. The van der Waals surface area contributed by atoms with Gasteiger partial charge in [-0.05, 0) is 42.5 Å². The maximum absolute atomic E-state index is 12.8. The number of halogens is 1. The van der Waals surface area contributed by atoms with E-state index in [0.29, 0.717) is 5.75 Å². The molecule has 3 N–H and O–H groups in total. The average molecular weight is 433 g/mol. The number of hydrogen-bond donors (Lipinski definition) is 3. The number of benzene rings is 1. The summed E-state index contributed by atoms with van der Waals surface area (Å²) in [6.45, 7) is -0.335. The summed E-state index contributed by atoms with van der Waals surface area (Å²) in [6.07, 6.45) is 5.73. The van der Waals surface area contributed by atoms with Crippen LogP contribution in [0.4, 0.5) is 4.39 Å². The molecule has 0 radical (unpaired) electrons. The molecule has 31 heavy (non-hydrogen) atoms. The van der Waals surface area contributed by atoms with Crippen LogP contribution in [0.5, 0.6) is 5.75 Å². The summed E-state index contributed by atoms with van der Waals surface area (Å²) in [7, 11) is 3.19.